The molecule has 1 aromatic heterocycles. The Morgan fingerprint density at radius 1 is 1.39 bits per heavy atom. The number of rotatable bonds is 3. The number of amides is 1. The Morgan fingerprint density at radius 2 is 2.17 bits per heavy atom. The SMILES string of the molecule is NC1CCCCCC1C(=O)NCc1ccc(Cl)s1. The average molecular weight is 287 g/mol. The van der Waals surface area contributed by atoms with Crippen molar-refractivity contribution in [3.05, 3.63) is 21.3 Å². The smallest absolute Gasteiger partial charge is 0.224 e. The van der Waals surface area contributed by atoms with Crippen molar-refractivity contribution >= 4 is 28.8 Å². The highest BCUT2D eigenvalue weighted by molar-refractivity contribution is 7.16. The molecule has 1 amide bonds. The molecule has 2 atom stereocenters. The van der Waals surface area contributed by atoms with Gasteiger partial charge >= 0.3 is 0 Å². The van der Waals surface area contributed by atoms with E-state index in [1.54, 1.807) is 0 Å². The van der Waals surface area contributed by atoms with Crippen molar-refractivity contribution < 1.29 is 4.79 Å². The highest BCUT2D eigenvalue weighted by Gasteiger charge is 2.26. The lowest BCUT2D eigenvalue weighted by Crippen LogP contribution is -2.40. The Morgan fingerprint density at radius 3 is 2.89 bits per heavy atom. The predicted molar refractivity (Wildman–Crippen MR) is 75.7 cm³/mol. The number of carbonyl (C=O) groups is 1. The van der Waals surface area contributed by atoms with Crippen LogP contribution in [0.25, 0.3) is 0 Å². The topological polar surface area (TPSA) is 55.1 Å². The van der Waals surface area contributed by atoms with Crippen molar-refractivity contribution in [2.75, 3.05) is 0 Å². The minimum Gasteiger partial charge on any atom is -0.351 e. The van der Waals surface area contributed by atoms with Crippen LogP contribution in [0.4, 0.5) is 0 Å². The van der Waals surface area contributed by atoms with Crippen LogP contribution in [0.3, 0.4) is 0 Å². The lowest BCUT2D eigenvalue weighted by atomic mass is 9.94. The van der Waals surface area contributed by atoms with Gasteiger partial charge in [-0.15, -0.1) is 11.3 Å². The van der Waals surface area contributed by atoms with Gasteiger partial charge in [-0.3, -0.25) is 4.79 Å². The van der Waals surface area contributed by atoms with E-state index in [0.29, 0.717) is 6.54 Å². The number of nitrogens with one attached hydrogen (secondary N) is 1. The molecule has 3 nitrogen and oxygen atoms in total. The van der Waals surface area contributed by atoms with E-state index in [0.717, 1.165) is 34.9 Å². The zero-order chi connectivity index (χ0) is 13.0. The molecule has 3 N–H and O–H groups in total. The summed E-state index contributed by atoms with van der Waals surface area (Å²) in [6.07, 6.45) is 5.32. The Bertz CT molecular complexity index is 407. The van der Waals surface area contributed by atoms with Crippen molar-refractivity contribution in [1.29, 1.82) is 0 Å². The van der Waals surface area contributed by atoms with Crippen molar-refractivity contribution in [3.8, 4) is 0 Å². The molecule has 100 valence electrons. The molecule has 1 aliphatic carbocycles. The fourth-order valence-corrected chi connectivity index (χ4v) is 3.44. The minimum absolute atomic E-state index is 0.0134. The predicted octanol–water partition coefficient (Wildman–Crippen LogP) is 2.93. The highest BCUT2D eigenvalue weighted by atomic mass is 35.5. The molecule has 0 bridgehead atoms. The molecule has 5 heteroatoms. The van der Waals surface area contributed by atoms with Crippen LogP contribution in [0, 0.1) is 5.92 Å². The molecule has 2 unspecified atom stereocenters. The van der Waals surface area contributed by atoms with Crippen LogP contribution in [0.5, 0.6) is 0 Å². The van der Waals surface area contributed by atoms with Gasteiger partial charge in [0.2, 0.25) is 5.91 Å². The van der Waals surface area contributed by atoms with Gasteiger partial charge in [0.1, 0.15) is 0 Å². The molecule has 2 rings (SSSR count). The quantitative estimate of drug-likeness (QED) is 0.840. The van der Waals surface area contributed by atoms with E-state index in [9.17, 15) is 4.79 Å². The van der Waals surface area contributed by atoms with Gasteiger partial charge in [-0.25, -0.2) is 0 Å². The van der Waals surface area contributed by atoms with Gasteiger partial charge in [0.05, 0.1) is 16.8 Å². The molecular formula is C13H19ClN2OS. The number of nitrogens with two attached hydrogens (primary N) is 1. The largest absolute Gasteiger partial charge is 0.351 e. The van der Waals surface area contributed by atoms with Crippen LogP contribution in [-0.2, 0) is 11.3 Å². The normalized spacial score (nSPS) is 24.6. The summed E-state index contributed by atoms with van der Waals surface area (Å²) in [5, 5.41) is 2.97. The maximum atomic E-state index is 12.1. The zero-order valence-corrected chi connectivity index (χ0v) is 11.9. The van der Waals surface area contributed by atoms with Gasteiger partial charge < -0.3 is 11.1 Å². The van der Waals surface area contributed by atoms with Crippen LogP contribution >= 0.6 is 22.9 Å². The Kier molecular flexibility index (Phi) is 5.03. The van der Waals surface area contributed by atoms with Crippen LogP contribution in [-0.4, -0.2) is 11.9 Å². The lowest BCUT2D eigenvalue weighted by Gasteiger charge is -2.20. The van der Waals surface area contributed by atoms with Crippen LogP contribution < -0.4 is 11.1 Å². The Labute approximate surface area is 117 Å². The first-order valence-corrected chi connectivity index (χ1v) is 7.64. The number of hydrogen-bond donors (Lipinski definition) is 2. The molecular weight excluding hydrogens is 268 g/mol. The monoisotopic (exact) mass is 286 g/mol. The van der Waals surface area contributed by atoms with Gasteiger partial charge in [0.15, 0.2) is 0 Å². The number of hydrogen-bond acceptors (Lipinski definition) is 3. The second kappa shape index (κ2) is 6.55. The summed E-state index contributed by atoms with van der Waals surface area (Å²) >= 11 is 7.36. The molecule has 1 aromatic rings. The molecule has 18 heavy (non-hydrogen) atoms. The highest BCUT2D eigenvalue weighted by Crippen LogP contribution is 2.23. The molecule has 0 aromatic carbocycles. The van der Waals surface area contributed by atoms with Gasteiger partial charge in [-0.05, 0) is 25.0 Å². The third-order valence-corrected chi connectivity index (χ3v) is 4.70. The molecule has 1 fully saturated rings. The first kappa shape index (κ1) is 13.8. The van der Waals surface area contributed by atoms with E-state index in [1.807, 2.05) is 12.1 Å². The Hall–Kier alpha value is -0.580. The minimum atomic E-state index is -0.0251. The first-order chi connectivity index (χ1) is 8.66. The summed E-state index contributed by atoms with van der Waals surface area (Å²) in [6, 6.07) is 3.81. The molecule has 1 aliphatic rings. The van der Waals surface area contributed by atoms with Gasteiger partial charge in [0.25, 0.3) is 0 Å². The zero-order valence-electron chi connectivity index (χ0n) is 10.3. The summed E-state index contributed by atoms with van der Waals surface area (Å²) in [6.45, 7) is 0.555. The van der Waals surface area contributed by atoms with E-state index >= 15 is 0 Å². The maximum absolute atomic E-state index is 12.1. The van der Waals surface area contributed by atoms with Crippen LogP contribution in [0.15, 0.2) is 12.1 Å². The molecule has 1 saturated carbocycles. The summed E-state index contributed by atoms with van der Waals surface area (Å²) in [7, 11) is 0. The van der Waals surface area contributed by atoms with Crippen molar-refractivity contribution in [3.63, 3.8) is 0 Å². The third-order valence-electron chi connectivity index (χ3n) is 3.47. The van der Waals surface area contributed by atoms with Gasteiger partial charge in [0, 0.05) is 10.9 Å². The van der Waals surface area contributed by atoms with Gasteiger partial charge in [-0.1, -0.05) is 30.9 Å². The fourth-order valence-electron chi connectivity index (χ4n) is 2.41. The number of thiophene rings is 1. The second-order valence-electron chi connectivity index (χ2n) is 4.83. The van der Waals surface area contributed by atoms with E-state index in [1.165, 1.54) is 17.8 Å². The van der Waals surface area contributed by atoms with E-state index in [-0.39, 0.29) is 17.9 Å². The summed E-state index contributed by atoms with van der Waals surface area (Å²) < 4.78 is 0.755. The average Bonchev–Trinajstić information content (AvgIpc) is 2.64. The van der Waals surface area contributed by atoms with E-state index in [2.05, 4.69) is 5.32 Å². The standard InChI is InChI=1S/C13H19ClN2OS/c14-12-7-6-9(18-12)8-16-13(17)10-4-2-1-3-5-11(10)15/h6-7,10-11H,1-5,8,15H2,(H,16,17). The summed E-state index contributed by atoms with van der Waals surface area (Å²) in [5.41, 5.74) is 6.07. The number of carbonyl (C=O) groups excluding carboxylic acids is 1. The molecule has 1 heterocycles. The maximum Gasteiger partial charge on any atom is 0.224 e. The van der Waals surface area contributed by atoms with Crippen molar-refractivity contribution in [2.24, 2.45) is 11.7 Å². The lowest BCUT2D eigenvalue weighted by molar-refractivity contribution is -0.125. The Balaban J connectivity index is 1.86. The number of halogens is 1. The second-order valence-corrected chi connectivity index (χ2v) is 6.63. The van der Waals surface area contributed by atoms with Crippen LogP contribution in [0.2, 0.25) is 4.34 Å². The van der Waals surface area contributed by atoms with Crippen molar-refractivity contribution in [1.82, 2.24) is 5.32 Å². The first-order valence-electron chi connectivity index (χ1n) is 6.44. The molecule has 0 aliphatic heterocycles. The molecule has 0 spiro atoms. The summed E-state index contributed by atoms with van der Waals surface area (Å²) in [4.78, 5) is 13.2. The van der Waals surface area contributed by atoms with Crippen LogP contribution in [0.1, 0.15) is 37.0 Å². The fraction of sp³-hybridized carbons (Fsp3) is 0.615. The molecule has 0 saturated heterocycles. The molecule has 0 radical (unpaired) electrons. The van der Waals surface area contributed by atoms with Gasteiger partial charge in [-0.2, -0.15) is 0 Å². The van der Waals surface area contributed by atoms with Crippen molar-refractivity contribution in [2.45, 2.75) is 44.7 Å². The van der Waals surface area contributed by atoms with E-state index < -0.39 is 0 Å². The van der Waals surface area contributed by atoms with E-state index in [4.69, 9.17) is 17.3 Å². The summed E-state index contributed by atoms with van der Waals surface area (Å²) in [5.74, 6) is 0.0665. The third kappa shape index (κ3) is 3.70.